The molecule has 0 unspecified atom stereocenters. The van der Waals surface area contributed by atoms with Gasteiger partial charge in [-0.05, 0) is 66.9 Å². The predicted octanol–water partition coefficient (Wildman–Crippen LogP) is 5.66. The second-order valence-corrected chi connectivity index (χ2v) is 14.6. The van der Waals surface area contributed by atoms with Gasteiger partial charge in [-0.2, -0.15) is 0 Å². The van der Waals surface area contributed by atoms with Crippen molar-refractivity contribution in [3.05, 3.63) is 0 Å². The third-order valence-corrected chi connectivity index (χ3v) is 9.98. The summed E-state index contributed by atoms with van der Waals surface area (Å²) in [6.07, 6.45) is 6.14. The average molecular weight is 411 g/mol. The molecule has 4 aliphatic rings. The molecule has 0 aromatic heterocycles. The van der Waals surface area contributed by atoms with Crippen LogP contribution in [0.3, 0.4) is 0 Å². The SMILES string of the molecule is O=P(Cl)(Cl)C12CC3C[C@](Br)(C1)C[C@](Br)(C3)C2. The second kappa shape index (κ2) is 3.45. The summed E-state index contributed by atoms with van der Waals surface area (Å²) < 4.78 is 12.5. The van der Waals surface area contributed by atoms with Gasteiger partial charge in [0.1, 0.15) is 0 Å². The Morgan fingerprint density at radius 1 is 1.00 bits per heavy atom. The highest BCUT2D eigenvalue weighted by Crippen LogP contribution is 2.80. The van der Waals surface area contributed by atoms with Gasteiger partial charge in [-0.15, -0.1) is 0 Å². The van der Waals surface area contributed by atoms with E-state index in [0.717, 1.165) is 25.7 Å². The van der Waals surface area contributed by atoms with E-state index in [1.165, 1.54) is 12.8 Å². The van der Waals surface area contributed by atoms with Crippen LogP contribution in [0.25, 0.3) is 0 Å². The summed E-state index contributed by atoms with van der Waals surface area (Å²) in [4.78, 5) is 0. The van der Waals surface area contributed by atoms with E-state index in [0.29, 0.717) is 5.92 Å². The minimum Gasteiger partial charge on any atom is -0.289 e. The number of rotatable bonds is 1. The summed E-state index contributed by atoms with van der Waals surface area (Å²) in [5, 5.41) is -0.345. The molecule has 92 valence electrons. The van der Waals surface area contributed by atoms with Crippen molar-refractivity contribution in [1.82, 2.24) is 0 Å². The Kier molecular flexibility index (Phi) is 2.76. The minimum absolute atomic E-state index is 0.107. The fourth-order valence-electron chi connectivity index (χ4n) is 4.45. The summed E-state index contributed by atoms with van der Waals surface area (Å²) in [6, 6.07) is 0. The highest BCUT2D eigenvalue weighted by Gasteiger charge is 2.66. The maximum absolute atomic E-state index is 12.2. The molecule has 16 heavy (non-hydrogen) atoms. The Balaban J connectivity index is 2.08. The normalized spacial score (nSPS) is 55.6. The van der Waals surface area contributed by atoms with Crippen LogP contribution in [0.15, 0.2) is 0 Å². The van der Waals surface area contributed by atoms with Gasteiger partial charge in [0.25, 0.3) is 5.85 Å². The molecule has 0 aliphatic heterocycles. The van der Waals surface area contributed by atoms with Crippen LogP contribution in [0.2, 0.25) is 0 Å². The first kappa shape index (κ1) is 12.8. The molecule has 0 heterocycles. The number of hydrogen-bond acceptors (Lipinski definition) is 1. The number of alkyl halides is 2. The smallest absolute Gasteiger partial charge is 0.259 e. The van der Waals surface area contributed by atoms with E-state index in [-0.39, 0.29) is 13.8 Å². The van der Waals surface area contributed by atoms with Crippen molar-refractivity contribution in [1.29, 1.82) is 0 Å². The lowest BCUT2D eigenvalue weighted by molar-refractivity contribution is 0.0797. The standard InChI is InChI=1S/C10H13Br2Cl2OP/c11-8-1-7-2-9(12,4-8)6-10(3-7,5-8)16(13,14)15/h7H,1-6H2/t7?,8-,9-,10?/m1/s1. The Hall–Kier alpha value is 1.77. The van der Waals surface area contributed by atoms with E-state index in [9.17, 15) is 4.57 Å². The Labute approximate surface area is 122 Å². The zero-order valence-electron chi connectivity index (χ0n) is 8.69. The van der Waals surface area contributed by atoms with E-state index in [4.69, 9.17) is 22.5 Å². The molecule has 4 aliphatic carbocycles. The van der Waals surface area contributed by atoms with Gasteiger partial charge < -0.3 is 0 Å². The minimum atomic E-state index is -3.07. The summed E-state index contributed by atoms with van der Waals surface area (Å²) in [5.74, 6) is -2.45. The Bertz CT molecular complexity index is 378. The number of halogens is 4. The van der Waals surface area contributed by atoms with Gasteiger partial charge in [-0.3, -0.25) is 4.57 Å². The van der Waals surface area contributed by atoms with Gasteiger partial charge in [-0.1, -0.05) is 31.9 Å². The van der Waals surface area contributed by atoms with Crippen molar-refractivity contribution in [3.63, 3.8) is 0 Å². The maximum atomic E-state index is 12.2. The van der Waals surface area contributed by atoms with Crippen LogP contribution in [-0.4, -0.2) is 13.8 Å². The van der Waals surface area contributed by atoms with Crippen molar-refractivity contribution in [2.45, 2.75) is 52.3 Å². The van der Waals surface area contributed by atoms with Crippen LogP contribution in [0.1, 0.15) is 38.5 Å². The average Bonchev–Trinajstić information content (AvgIpc) is 1.92. The summed E-state index contributed by atoms with van der Waals surface area (Å²) in [5.41, 5.74) is 0. The van der Waals surface area contributed by atoms with E-state index < -0.39 is 5.85 Å². The van der Waals surface area contributed by atoms with Crippen molar-refractivity contribution in [2.75, 3.05) is 0 Å². The third-order valence-electron chi connectivity index (χ3n) is 4.46. The fourth-order valence-corrected chi connectivity index (χ4v) is 10.9. The molecule has 0 aromatic rings. The second-order valence-electron chi connectivity index (χ2n) is 6.00. The maximum Gasteiger partial charge on any atom is 0.259 e. The van der Waals surface area contributed by atoms with Crippen LogP contribution in [0, 0.1) is 5.92 Å². The van der Waals surface area contributed by atoms with Crippen molar-refractivity contribution in [3.8, 4) is 0 Å². The summed E-state index contributed by atoms with van der Waals surface area (Å²) >= 11 is 19.8. The monoisotopic (exact) mass is 408 g/mol. The molecule has 4 saturated carbocycles. The highest BCUT2D eigenvalue weighted by atomic mass is 79.9. The van der Waals surface area contributed by atoms with Gasteiger partial charge in [0.15, 0.2) is 0 Å². The molecule has 4 bridgehead atoms. The van der Waals surface area contributed by atoms with Crippen LogP contribution in [0.4, 0.5) is 0 Å². The van der Waals surface area contributed by atoms with E-state index >= 15 is 0 Å². The lowest BCUT2D eigenvalue weighted by Gasteiger charge is -2.63. The molecule has 4 fully saturated rings. The van der Waals surface area contributed by atoms with Gasteiger partial charge in [0.05, 0.1) is 5.16 Å². The predicted molar refractivity (Wildman–Crippen MR) is 76.6 cm³/mol. The molecule has 0 N–H and O–H groups in total. The van der Waals surface area contributed by atoms with Crippen LogP contribution in [-0.2, 0) is 4.57 Å². The van der Waals surface area contributed by atoms with E-state index in [1.54, 1.807) is 0 Å². The highest BCUT2D eigenvalue weighted by molar-refractivity contribution is 9.10. The molecule has 6 heteroatoms. The third kappa shape index (κ3) is 1.80. The first-order chi connectivity index (χ1) is 7.16. The summed E-state index contributed by atoms with van der Waals surface area (Å²) in [7, 11) is 0. The van der Waals surface area contributed by atoms with Gasteiger partial charge in [0, 0.05) is 8.65 Å². The molecule has 4 rings (SSSR count). The first-order valence-electron chi connectivity index (χ1n) is 5.53. The molecular weight excluding hydrogens is 398 g/mol. The number of hydrogen-bond donors (Lipinski definition) is 0. The molecule has 0 aromatic carbocycles. The van der Waals surface area contributed by atoms with Crippen molar-refractivity contribution >= 4 is 60.2 Å². The molecule has 0 spiro atoms. The van der Waals surface area contributed by atoms with Crippen molar-refractivity contribution < 1.29 is 4.57 Å². The lowest BCUT2D eigenvalue weighted by Crippen LogP contribution is -2.60. The van der Waals surface area contributed by atoms with E-state index in [1.807, 2.05) is 0 Å². The molecule has 0 amide bonds. The van der Waals surface area contributed by atoms with E-state index in [2.05, 4.69) is 31.9 Å². The largest absolute Gasteiger partial charge is 0.289 e. The quantitative estimate of drug-likeness (QED) is 0.402. The van der Waals surface area contributed by atoms with Gasteiger partial charge >= 0.3 is 0 Å². The summed E-state index contributed by atoms with van der Waals surface area (Å²) in [6.45, 7) is 0. The zero-order valence-corrected chi connectivity index (χ0v) is 14.3. The Morgan fingerprint density at radius 2 is 1.50 bits per heavy atom. The molecule has 1 nitrogen and oxygen atoms in total. The lowest BCUT2D eigenvalue weighted by atomic mass is 9.55. The van der Waals surface area contributed by atoms with Crippen LogP contribution in [0.5, 0.6) is 0 Å². The van der Waals surface area contributed by atoms with Gasteiger partial charge in [0.2, 0.25) is 0 Å². The first-order valence-corrected chi connectivity index (χ1v) is 10.6. The Morgan fingerprint density at radius 3 is 1.88 bits per heavy atom. The molecule has 0 radical (unpaired) electrons. The fraction of sp³-hybridized carbons (Fsp3) is 1.00. The molecule has 0 saturated heterocycles. The molecule has 2 atom stereocenters. The molecular formula is C10H13Br2Cl2OP. The zero-order chi connectivity index (χ0) is 11.8. The van der Waals surface area contributed by atoms with Crippen molar-refractivity contribution in [2.24, 2.45) is 5.92 Å². The topological polar surface area (TPSA) is 17.1 Å². The van der Waals surface area contributed by atoms with Gasteiger partial charge in [-0.25, -0.2) is 0 Å². The van der Waals surface area contributed by atoms with Crippen LogP contribution < -0.4 is 0 Å². The van der Waals surface area contributed by atoms with Crippen LogP contribution >= 0.6 is 60.2 Å².